The second-order valence-electron chi connectivity index (χ2n) is 10.4. The Bertz CT molecular complexity index is 859. The fourth-order valence-corrected chi connectivity index (χ4v) is 7.11. The second kappa shape index (κ2) is 8.11. The van der Waals surface area contributed by atoms with Crippen LogP contribution in [0.4, 0.5) is 0 Å². The molecule has 8 nitrogen and oxygen atoms in total. The molecule has 0 radical (unpaired) electrons. The van der Waals surface area contributed by atoms with E-state index in [9.17, 15) is 30.6 Å². The van der Waals surface area contributed by atoms with Crippen molar-refractivity contribution < 1.29 is 40.1 Å². The summed E-state index contributed by atoms with van der Waals surface area (Å²) in [5, 5.41) is 60.0. The van der Waals surface area contributed by atoms with Crippen LogP contribution < -0.4 is 0 Å². The first-order valence-corrected chi connectivity index (χ1v) is 11.7. The minimum atomic E-state index is -1.44. The maximum atomic E-state index is 10.4. The van der Waals surface area contributed by atoms with Crippen LogP contribution in [0, 0.1) is 17.3 Å². The third kappa shape index (κ3) is 3.35. The van der Waals surface area contributed by atoms with Crippen LogP contribution in [0.1, 0.15) is 56.1 Å². The molecular weight excluding hydrogens is 416 g/mol. The number of fused-ring (bicyclic) bond motifs is 5. The number of aliphatic hydroxyl groups is 4. The van der Waals surface area contributed by atoms with E-state index in [1.165, 1.54) is 0 Å². The number of benzene rings is 1. The number of rotatable bonds is 3. The lowest BCUT2D eigenvalue weighted by atomic mass is 9.55. The number of ether oxygens (including phenoxy) is 2. The van der Waals surface area contributed by atoms with Crippen LogP contribution in [0.2, 0.25) is 0 Å². The lowest BCUT2D eigenvalue weighted by Crippen LogP contribution is -2.60. The Morgan fingerprint density at radius 2 is 1.75 bits per heavy atom. The van der Waals surface area contributed by atoms with Crippen molar-refractivity contribution in [1.29, 1.82) is 0 Å². The zero-order valence-corrected chi connectivity index (χ0v) is 18.3. The summed E-state index contributed by atoms with van der Waals surface area (Å²) in [5.74, 6) is 1.09. The Hall–Kier alpha value is -1.42. The highest BCUT2D eigenvalue weighted by molar-refractivity contribution is 5.48. The molecule has 8 heteroatoms. The van der Waals surface area contributed by atoms with Gasteiger partial charge >= 0.3 is 0 Å². The van der Waals surface area contributed by atoms with Crippen LogP contribution in [-0.2, 0) is 15.9 Å². The zero-order chi connectivity index (χ0) is 22.8. The highest BCUT2D eigenvalue weighted by atomic mass is 16.7. The van der Waals surface area contributed by atoms with Gasteiger partial charge in [-0.15, -0.1) is 0 Å². The molecule has 1 heterocycles. The van der Waals surface area contributed by atoms with Gasteiger partial charge < -0.3 is 40.1 Å². The standard InChI is InChI=1S/C24H34O8/c1-24-7-6-12-13(3-2-11-8-16(26)17(27)9-14(11)12)15(24)4-5-19(24)32-23-22(30)21(29)20(28)18(10-25)31-23/h8-9,12-13,15,18-23,25-30H,2-7,10H2,1H3/t12-,13+,15-,18+,19-,20+,21-,22+,23-,24-/m0/s1. The highest BCUT2D eigenvalue weighted by Gasteiger charge is 2.57. The Morgan fingerprint density at radius 3 is 2.50 bits per heavy atom. The average Bonchev–Trinajstić information content (AvgIpc) is 3.11. The highest BCUT2D eigenvalue weighted by Crippen LogP contribution is 2.62. The molecule has 10 atom stereocenters. The summed E-state index contributed by atoms with van der Waals surface area (Å²) in [6.07, 6.45) is -0.898. The minimum absolute atomic E-state index is 0.0586. The van der Waals surface area contributed by atoms with Crippen LogP contribution in [-0.4, -0.2) is 74.1 Å². The van der Waals surface area contributed by atoms with Gasteiger partial charge in [-0.1, -0.05) is 6.92 Å². The third-order valence-electron chi connectivity index (χ3n) is 8.88. The van der Waals surface area contributed by atoms with E-state index >= 15 is 0 Å². The SMILES string of the molecule is C[C@]12CC[C@@H]3c4cc(O)c(O)cc4CC[C@H]3[C@@H]1CC[C@@H]2O[C@@H]1O[C@H](CO)[C@@H](O)[C@H](O)[C@H]1O. The summed E-state index contributed by atoms with van der Waals surface area (Å²) >= 11 is 0. The van der Waals surface area contributed by atoms with Crippen LogP contribution in [0.5, 0.6) is 11.5 Å². The summed E-state index contributed by atoms with van der Waals surface area (Å²) in [6.45, 7) is 1.76. The van der Waals surface area contributed by atoms with Crippen molar-refractivity contribution in [2.75, 3.05) is 6.61 Å². The topological polar surface area (TPSA) is 140 Å². The summed E-state index contributed by atoms with van der Waals surface area (Å²) in [4.78, 5) is 0. The smallest absolute Gasteiger partial charge is 0.186 e. The van der Waals surface area contributed by atoms with Crippen LogP contribution in [0.25, 0.3) is 0 Å². The van der Waals surface area contributed by atoms with Crippen molar-refractivity contribution >= 4 is 0 Å². The fourth-order valence-electron chi connectivity index (χ4n) is 7.11. The molecule has 32 heavy (non-hydrogen) atoms. The molecular formula is C24H34O8. The Labute approximate surface area is 187 Å². The van der Waals surface area contributed by atoms with Gasteiger partial charge in [0.15, 0.2) is 17.8 Å². The molecule has 0 unspecified atom stereocenters. The van der Waals surface area contributed by atoms with Gasteiger partial charge in [-0.3, -0.25) is 0 Å². The predicted molar refractivity (Wildman–Crippen MR) is 113 cm³/mol. The average molecular weight is 451 g/mol. The molecule has 178 valence electrons. The monoisotopic (exact) mass is 450 g/mol. The van der Waals surface area contributed by atoms with Gasteiger partial charge in [-0.25, -0.2) is 0 Å². The quantitative estimate of drug-likeness (QED) is 0.377. The first-order chi connectivity index (χ1) is 15.2. The van der Waals surface area contributed by atoms with E-state index in [2.05, 4.69) is 6.92 Å². The number of aromatic hydroxyl groups is 2. The van der Waals surface area contributed by atoms with E-state index in [0.717, 1.165) is 49.7 Å². The molecule has 3 aliphatic carbocycles. The molecule has 3 fully saturated rings. The Kier molecular flexibility index (Phi) is 5.67. The molecule has 6 N–H and O–H groups in total. The van der Waals surface area contributed by atoms with E-state index < -0.39 is 37.3 Å². The molecule has 1 aliphatic heterocycles. The van der Waals surface area contributed by atoms with Crippen molar-refractivity contribution in [2.45, 2.75) is 88.2 Å². The van der Waals surface area contributed by atoms with Gasteiger partial charge in [-0.05, 0) is 85.0 Å². The van der Waals surface area contributed by atoms with Crippen molar-refractivity contribution in [3.05, 3.63) is 23.3 Å². The van der Waals surface area contributed by atoms with Crippen molar-refractivity contribution in [3.63, 3.8) is 0 Å². The Morgan fingerprint density at radius 1 is 1.00 bits per heavy atom. The zero-order valence-electron chi connectivity index (χ0n) is 18.3. The van der Waals surface area contributed by atoms with Gasteiger partial charge in [0, 0.05) is 0 Å². The fraction of sp³-hybridized carbons (Fsp3) is 0.750. The normalized spacial score (nSPS) is 45.7. The molecule has 0 amide bonds. The number of hydrogen-bond acceptors (Lipinski definition) is 8. The maximum Gasteiger partial charge on any atom is 0.186 e. The number of phenolic OH excluding ortho intramolecular Hbond substituents is 2. The summed E-state index contributed by atoms with van der Waals surface area (Å²) in [7, 11) is 0. The lowest BCUT2D eigenvalue weighted by molar-refractivity contribution is -0.319. The Balaban J connectivity index is 1.35. The molecule has 0 bridgehead atoms. The summed E-state index contributed by atoms with van der Waals surface area (Å²) < 4.78 is 11.9. The molecule has 5 rings (SSSR count). The van der Waals surface area contributed by atoms with Crippen LogP contribution in [0.3, 0.4) is 0 Å². The van der Waals surface area contributed by atoms with Crippen LogP contribution in [0.15, 0.2) is 12.1 Å². The molecule has 1 saturated heterocycles. The first kappa shape index (κ1) is 22.4. The first-order valence-electron chi connectivity index (χ1n) is 11.7. The van der Waals surface area contributed by atoms with Gasteiger partial charge in [0.25, 0.3) is 0 Å². The van der Waals surface area contributed by atoms with E-state index in [4.69, 9.17) is 9.47 Å². The molecule has 1 aromatic carbocycles. The molecule has 0 spiro atoms. The minimum Gasteiger partial charge on any atom is -0.504 e. The van der Waals surface area contributed by atoms with E-state index in [-0.39, 0.29) is 23.0 Å². The van der Waals surface area contributed by atoms with Crippen molar-refractivity contribution in [3.8, 4) is 11.5 Å². The largest absolute Gasteiger partial charge is 0.504 e. The molecule has 1 aromatic rings. The molecule has 2 saturated carbocycles. The van der Waals surface area contributed by atoms with E-state index in [0.29, 0.717) is 17.8 Å². The van der Waals surface area contributed by atoms with Gasteiger partial charge in [0.05, 0.1) is 12.7 Å². The van der Waals surface area contributed by atoms with Crippen LogP contribution >= 0.6 is 0 Å². The van der Waals surface area contributed by atoms with Gasteiger partial charge in [-0.2, -0.15) is 0 Å². The van der Waals surface area contributed by atoms with E-state index in [1.807, 2.05) is 0 Å². The number of aryl methyl sites for hydroxylation is 1. The number of phenols is 2. The maximum absolute atomic E-state index is 10.4. The number of aliphatic hydroxyl groups excluding tert-OH is 4. The van der Waals surface area contributed by atoms with Gasteiger partial charge in [0.1, 0.15) is 24.4 Å². The van der Waals surface area contributed by atoms with Crippen molar-refractivity contribution in [2.24, 2.45) is 17.3 Å². The summed E-state index contributed by atoms with van der Waals surface area (Å²) in [5.41, 5.74) is 2.16. The predicted octanol–water partition coefficient (Wildman–Crippen LogP) is 1.14. The number of hydrogen-bond donors (Lipinski definition) is 6. The third-order valence-corrected chi connectivity index (χ3v) is 8.88. The van der Waals surface area contributed by atoms with Crippen molar-refractivity contribution in [1.82, 2.24) is 0 Å². The molecule has 4 aliphatic rings. The van der Waals surface area contributed by atoms with Gasteiger partial charge in [0.2, 0.25) is 0 Å². The lowest BCUT2D eigenvalue weighted by Gasteiger charge is -2.51. The summed E-state index contributed by atoms with van der Waals surface area (Å²) in [6, 6.07) is 3.44. The second-order valence-corrected chi connectivity index (χ2v) is 10.4. The van der Waals surface area contributed by atoms with E-state index in [1.54, 1.807) is 12.1 Å². The molecule has 0 aromatic heterocycles.